The lowest BCUT2D eigenvalue weighted by Crippen LogP contribution is -2.54. The Morgan fingerprint density at radius 1 is 1.00 bits per heavy atom. The summed E-state index contributed by atoms with van der Waals surface area (Å²) in [7, 11) is 0. The van der Waals surface area contributed by atoms with Crippen LogP contribution in [0.25, 0.3) is 0 Å². The predicted octanol–water partition coefficient (Wildman–Crippen LogP) is 3.86. The van der Waals surface area contributed by atoms with E-state index < -0.39 is 0 Å². The molecule has 0 amide bonds. The van der Waals surface area contributed by atoms with Gasteiger partial charge in [-0.1, -0.05) is 34.1 Å². The molecular formula is C16H28O. The lowest BCUT2D eigenvalue weighted by atomic mass is 9.56. The van der Waals surface area contributed by atoms with E-state index in [9.17, 15) is 5.11 Å². The smallest absolute Gasteiger partial charge is 0.0732 e. The van der Waals surface area contributed by atoms with Crippen LogP contribution in [-0.4, -0.2) is 10.7 Å². The van der Waals surface area contributed by atoms with Gasteiger partial charge in [-0.2, -0.15) is 0 Å². The van der Waals surface area contributed by atoms with Gasteiger partial charge >= 0.3 is 0 Å². The molecule has 0 heterocycles. The first kappa shape index (κ1) is 12.0. The van der Waals surface area contributed by atoms with E-state index in [0.717, 1.165) is 30.1 Å². The van der Waals surface area contributed by atoms with E-state index in [2.05, 4.69) is 27.7 Å². The molecule has 0 aliphatic heterocycles. The minimum Gasteiger partial charge on any atom is -0.389 e. The molecule has 6 atom stereocenters. The molecule has 3 aliphatic rings. The summed E-state index contributed by atoms with van der Waals surface area (Å²) >= 11 is 0. The van der Waals surface area contributed by atoms with Crippen LogP contribution in [0, 0.1) is 35.0 Å². The average Bonchev–Trinajstić information content (AvgIpc) is 2.41. The Kier molecular flexibility index (Phi) is 2.47. The van der Waals surface area contributed by atoms with Crippen LogP contribution in [0.1, 0.15) is 59.8 Å². The van der Waals surface area contributed by atoms with Gasteiger partial charge in [-0.25, -0.2) is 0 Å². The molecule has 3 rings (SSSR count). The third kappa shape index (κ3) is 1.35. The maximum Gasteiger partial charge on any atom is 0.0732 e. The third-order valence-electron chi connectivity index (χ3n) is 7.02. The molecule has 0 spiro atoms. The van der Waals surface area contributed by atoms with Crippen molar-refractivity contribution in [3.8, 4) is 0 Å². The standard InChI is InChI=1S/C16H28O/c1-10-5-6-12-9-13-14(10)11(2)7-8-16(13,17)15(12,3)4/h10-14,17H,5-9H2,1-4H3. The first-order chi connectivity index (χ1) is 7.88. The van der Waals surface area contributed by atoms with Crippen LogP contribution < -0.4 is 0 Å². The summed E-state index contributed by atoms with van der Waals surface area (Å²) < 4.78 is 0. The second-order valence-electron chi connectivity index (χ2n) is 7.83. The molecule has 3 aliphatic carbocycles. The van der Waals surface area contributed by atoms with E-state index >= 15 is 0 Å². The maximum absolute atomic E-state index is 11.3. The highest BCUT2D eigenvalue weighted by molar-refractivity contribution is 5.14. The summed E-state index contributed by atoms with van der Waals surface area (Å²) in [6.07, 6.45) is 6.30. The largest absolute Gasteiger partial charge is 0.389 e. The van der Waals surface area contributed by atoms with Gasteiger partial charge in [0.25, 0.3) is 0 Å². The Hall–Kier alpha value is -0.0400. The Bertz CT molecular complexity index is 321. The number of fused-ring (bicyclic) bond motifs is 1. The van der Waals surface area contributed by atoms with Crippen LogP contribution >= 0.6 is 0 Å². The molecule has 1 N–H and O–H groups in total. The van der Waals surface area contributed by atoms with Gasteiger partial charge in [0.05, 0.1) is 5.60 Å². The average molecular weight is 236 g/mol. The summed E-state index contributed by atoms with van der Waals surface area (Å²) in [6.45, 7) is 9.52. The minimum atomic E-state index is -0.358. The Morgan fingerprint density at radius 2 is 1.65 bits per heavy atom. The minimum absolute atomic E-state index is 0.149. The lowest BCUT2D eigenvalue weighted by molar-refractivity contribution is -0.148. The van der Waals surface area contributed by atoms with Crippen LogP contribution in [0.4, 0.5) is 0 Å². The lowest BCUT2D eigenvalue weighted by Gasteiger charge is -2.53. The number of hydrogen-bond acceptors (Lipinski definition) is 1. The van der Waals surface area contributed by atoms with Crippen LogP contribution in [0.3, 0.4) is 0 Å². The summed E-state index contributed by atoms with van der Waals surface area (Å²) in [6, 6.07) is 0. The maximum atomic E-state index is 11.3. The Labute approximate surface area is 106 Å². The van der Waals surface area contributed by atoms with Gasteiger partial charge in [0.1, 0.15) is 0 Å². The zero-order chi connectivity index (χ0) is 12.4. The first-order valence-corrected chi connectivity index (χ1v) is 7.60. The van der Waals surface area contributed by atoms with Crippen molar-refractivity contribution in [2.75, 3.05) is 0 Å². The van der Waals surface area contributed by atoms with Crippen molar-refractivity contribution in [3.63, 3.8) is 0 Å². The van der Waals surface area contributed by atoms with Crippen LogP contribution in [0.2, 0.25) is 0 Å². The monoisotopic (exact) mass is 236 g/mol. The zero-order valence-electron chi connectivity index (χ0n) is 11.9. The van der Waals surface area contributed by atoms with Crippen molar-refractivity contribution in [1.29, 1.82) is 0 Å². The van der Waals surface area contributed by atoms with E-state index in [1.54, 1.807) is 0 Å². The first-order valence-electron chi connectivity index (χ1n) is 7.60. The molecular weight excluding hydrogens is 208 g/mol. The van der Waals surface area contributed by atoms with Gasteiger partial charge < -0.3 is 5.11 Å². The quantitative estimate of drug-likeness (QED) is 0.677. The Morgan fingerprint density at radius 3 is 2.35 bits per heavy atom. The molecule has 6 unspecified atom stereocenters. The molecule has 17 heavy (non-hydrogen) atoms. The SMILES string of the molecule is CC1CCC2CC3C1C(C)CCC3(O)C2(C)C. The predicted molar refractivity (Wildman–Crippen MR) is 70.6 cm³/mol. The second kappa shape index (κ2) is 3.50. The van der Waals surface area contributed by atoms with Crippen LogP contribution in [-0.2, 0) is 0 Å². The zero-order valence-corrected chi connectivity index (χ0v) is 11.9. The molecule has 0 aromatic carbocycles. The van der Waals surface area contributed by atoms with E-state index in [4.69, 9.17) is 0 Å². The van der Waals surface area contributed by atoms with Gasteiger partial charge in [0.15, 0.2) is 0 Å². The highest BCUT2D eigenvalue weighted by Gasteiger charge is 2.64. The van der Waals surface area contributed by atoms with Crippen molar-refractivity contribution >= 4 is 0 Å². The highest BCUT2D eigenvalue weighted by atomic mass is 16.3. The van der Waals surface area contributed by atoms with Crippen molar-refractivity contribution < 1.29 is 5.11 Å². The van der Waals surface area contributed by atoms with E-state index in [1.807, 2.05) is 0 Å². The Balaban J connectivity index is 2.05. The fourth-order valence-corrected chi connectivity index (χ4v) is 5.74. The molecule has 0 saturated heterocycles. The van der Waals surface area contributed by atoms with Crippen LogP contribution in [0.15, 0.2) is 0 Å². The highest BCUT2D eigenvalue weighted by Crippen LogP contribution is 2.65. The summed E-state index contributed by atoms with van der Waals surface area (Å²) in [5.74, 6) is 3.77. The number of rotatable bonds is 0. The van der Waals surface area contributed by atoms with E-state index in [1.165, 1.54) is 25.7 Å². The van der Waals surface area contributed by atoms with Crippen LogP contribution in [0.5, 0.6) is 0 Å². The summed E-state index contributed by atoms with van der Waals surface area (Å²) in [5, 5.41) is 11.3. The van der Waals surface area contributed by atoms with Crippen molar-refractivity contribution in [1.82, 2.24) is 0 Å². The van der Waals surface area contributed by atoms with Gasteiger partial charge in [0.2, 0.25) is 0 Å². The van der Waals surface area contributed by atoms with Gasteiger partial charge in [0, 0.05) is 0 Å². The summed E-state index contributed by atoms with van der Waals surface area (Å²) in [5.41, 5.74) is -0.209. The molecule has 98 valence electrons. The normalized spacial score (nSPS) is 56.6. The fraction of sp³-hybridized carbons (Fsp3) is 1.00. The fourth-order valence-electron chi connectivity index (χ4n) is 5.74. The second-order valence-corrected chi connectivity index (χ2v) is 7.83. The molecule has 1 heteroatoms. The molecule has 3 fully saturated rings. The third-order valence-corrected chi connectivity index (χ3v) is 7.02. The number of hydrogen-bond donors (Lipinski definition) is 1. The van der Waals surface area contributed by atoms with Gasteiger partial charge in [-0.15, -0.1) is 0 Å². The molecule has 0 aromatic rings. The number of aliphatic hydroxyl groups is 1. The molecule has 0 aromatic heterocycles. The molecule has 1 nitrogen and oxygen atoms in total. The topological polar surface area (TPSA) is 20.2 Å². The van der Waals surface area contributed by atoms with Gasteiger partial charge in [-0.05, 0) is 60.7 Å². The molecule has 0 radical (unpaired) electrons. The van der Waals surface area contributed by atoms with Crippen molar-refractivity contribution in [2.45, 2.75) is 65.4 Å². The van der Waals surface area contributed by atoms with Crippen molar-refractivity contribution in [3.05, 3.63) is 0 Å². The molecule has 3 saturated carbocycles. The van der Waals surface area contributed by atoms with Gasteiger partial charge in [-0.3, -0.25) is 0 Å². The van der Waals surface area contributed by atoms with E-state index in [0.29, 0.717) is 5.92 Å². The molecule has 2 bridgehead atoms. The van der Waals surface area contributed by atoms with E-state index in [-0.39, 0.29) is 11.0 Å². The summed E-state index contributed by atoms with van der Waals surface area (Å²) in [4.78, 5) is 0. The van der Waals surface area contributed by atoms with Crippen molar-refractivity contribution in [2.24, 2.45) is 35.0 Å².